The van der Waals surface area contributed by atoms with Crippen molar-refractivity contribution in [3.8, 4) is 0 Å². The Morgan fingerprint density at radius 3 is 2.55 bits per heavy atom. The standard InChI is InChI=1S/C15H21NO4/c1-2-16(10-8-15(18)19)14(17)12-20-11-9-13-6-4-3-5-7-13/h3-7H,2,8-12H2,1H3,(H,18,19). The highest BCUT2D eigenvalue weighted by atomic mass is 16.5. The summed E-state index contributed by atoms with van der Waals surface area (Å²) in [6.07, 6.45) is 0.721. The predicted molar refractivity (Wildman–Crippen MR) is 75.5 cm³/mol. The molecule has 1 N–H and O–H groups in total. The van der Waals surface area contributed by atoms with E-state index in [1.807, 2.05) is 37.3 Å². The van der Waals surface area contributed by atoms with Crippen molar-refractivity contribution in [3.63, 3.8) is 0 Å². The van der Waals surface area contributed by atoms with Gasteiger partial charge in [-0.05, 0) is 18.9 Å². The Morgan fingerprint density at radius 1 is 1.25 bits per heavy atom. The van der Waals surface area contributed by atoms with Crippen molar-refractivity contribution in [1.29, 1.82) is 0 Å². The zero-order chi connectivity index (χ0) is 14.8. The lowest BCUT2D eigenvalue weighted by Gasteiger charge is -2.19. The van der Waals surface area contributed by atoms with Crippen LogP contribution in [-0.4, -0.2) is 48.2 Å². The predicted octanol–water partition coefficient (Wildman–Crippen LogP) is 1.57. The highest BCUT2D eigenvalue weighted by Gasteiger charge is 2.12. The number of hydrogen-bond acceptors (Lipinski definition) is 3. The van der Waals surface area contributed by atoms with Gasteiger partial charge in [-0.2, -0.15) is 0 Å². The maximum absolute atomic E-state index is 11.8. The maximum Gasteiger partial charge on any atom is 0.305 e. The lowest BCUT2D eigenvalue weighted by Crippen LogP contribution is -2.35. The summed E-state index contributed by atoms with van der Waals surface area (Å²) < 4.78 is 5.35. The number of aliphatic carboxylic acids is 1. The van der Waals surface area contributed by atoms with Gasteiger partial charge in [-0.15, -0.1) is 0 Å². The Balaban J connectivity index is 2.22. The molecule has 0 saturated carbocycles. The van der Waals surface area contributed by atoms with E-state index in [2.05, 4.69) is 0 Å². The van der Waals surface area contributed by atoms with Gasteiger partial charge in [0.1, 0.15) is 6.61 Å². The van der Waals surface area contributed by atoms with Gasteiger partial charge in [0.2, 0.25) is 5.91 Å². The van der Waals surface area contributed by atoms with Gasteiger partial charge >= 0.3 is 5.97 Å². The highest BCUT2D eigenvalue weighted by molar-refractivity contribution is 5.78. The fraction of sp³-hybridized carbons (Fsp3) is 0.467. The summed E-state index contributed by atoms with van der Waals surface area (Å²) in [5.74, 6) is -1.07. The van der Waals surface area contributed by atoms with E-state index < -0.39 is 5.97 Å². The van der Waals surface area contributed by atoms with E-state index in [0.717, 1.165) is 12.0 Å². The van der Waals surface area contributed by atoms with Crippen LogP contribution < -0.4 is 0 Å². The number of hydrogen-bond donors (Lipinski definition) is 1. The third kappa shape index (κ3) is 6.33. The van der Waals surface area contributed by atoms with E-state index in [-0.39, 0.29) is 25.5 Å². The first-order chi connectivity index (χ1) is 9.63. The smallest absolute Gasteiger partial charge is 0.305 e. The third-order valence-corrected chi connectivity index (χ3v) is 2.93. The van der Waals surface area contributed by atoms with Gasteiger partial charge < -0.3 is 14.7 Å². The van der Waals surface area contributed by atoms with Crippen LogP contribution in [0.3, 0.4) is 0 Å². The molecule has 1 rings (SSSR count). The lowest BCUT2D eigenvalue weighted by molar-refractivity contribution is -0.139. The van der Waals surface area contributed by atoms with Gasteiger partial charge in [0.05, 0.1) is 13.0 Å². The maximum atomic E-state index is 11.8. The number of benzene rings is 1. The third-order valence-electron chi connectivity index (χ3n) is 2.93. The van der Waals surface area contributed by atoms with Crippen LogP contribution in [0.25, 0.3) is 0 Å². The van der Waals surface area contributed by atoms with Crippen LogP contribution in [-0.2, 0) is 20.7 Å². The molecule has 1 aromatic rings. The van der Waals surface area contributed by atoms with Crippen LogP contribution in [0.2, 0.25) is 0 Å². The van der Waals surface area contributed by atoms with Crippen molar-refractivity contribution in [2.45, 2.75) is 19.8 Å². The zero-order valence-electron chi connectivity index (χ0n) is 11.7. The van der Waals surface area contributed by atoms with Gasteiger partial charge in [0.15, 0.2) is 0 Å². The molecular formula is C15H21NO4. The molecule has 0 aliphatic carbocycles. The molecule has 0 fully saturated rings. The van der Waals surface area contributed by atoms with Crippen LogP contribution in [0.1, 0.15) is 18.9 Å². The average molecular weight is 279 g/mol. The minimum atomic E-state index is -0.902. The largest absolute Gasteiger partial charge is 0.481 e. The van der Waals surface area contributed by atoms with Gasteiger partial charge in [0, 0.05) is 13.1 Å². The summed E-state index contributed by atoms with van der Waals surface area (Å²) in [7, 11) is 0. The second-order valence-corrected chi connectivity index (χ2v) is 4.41. The van der Waals surface area contributed by atoms with Gasteiger partial charge in [-0.25, -0.2) is 0 Å². The number of amides is 1. The number of carboxylic acid groups (broad SMARTS) is 1. The van der Waals surface area contributed by atoms with E-state index in [4.69, 9.17) is 9.84 Å². The molecule has 5 heteroatoms. The minimum absolute atomic E-state index is 0.000290. The number of likely N-dealkylation sites (N-methyl/N-ethyl adjacent to an activating group) is 1. The zero-order valence-corrected chi connectivity index (χ0v) is 11.7. The SMILES string of the molecule is CCN(CCC(=O)O)C(=O)COCCc1ccccc1. The number of carbonyl (C=O) groups excluding carboxylic acids is 1. The van der Waals surface area contributed by atoms with Gasteiger partial charge in [-0.3, -0.25) is 9.59 Å². The summed E-state index contributed by atoms with van der Waals surface area (Å²) in [4.78, 5) is 23.8. The Morgan fingerprint density at radius 2 is 1.95 bits per heavy atom. The van der Waals surface area contributed by atoms with Crippen molar-refractivity contribution in [2.75, 3.05) is 26.3 Å². The number of ether oxygens (including phenoxy) is 1. The molecule has 0 aliphatic rings. The van der Waals surface area contributed by atoms with Crippen LogP contribution in [0, 0.1) is 0 Å². The lowest BCUT2D eigenvalue weighted by atomic mass is 10.2. The number of carboxylic acids is 1. The monoisotopic (exact) mass is 279 g/mol. The molecule has 0 spiro atoms. The van der Waals surface area contributed by atoms with Crippen molar-refractivity contribution in [3.05, 3.63) is 35.9 Å². The van der Waals surface area contributed by atoms with Crippen LogP contribution in [0.5, 0.6) is 0 Å². The van der Waals surface area contributed by atoms with E-state index >= 15 is 0 Å². The number of rotatable bonds is 9. The Kier molecular flexibility index (Phi) is 7.35. The van der Waals surface area contributed by atoms with Crippen molar-refractivity contribution in [1.82, 2.24) is 4.90 Å². The first kappa shape index (κ1) is 16.2. The fourth-order valence-electron chi connectivity index (χ4n) is 1.78. The molecule has 1 aromatic carbocycles. The van der Waals surface area contributed by atoms with Gasteiger partial charge in [0.25, 0.3) is 0 Å². The highest BCUT2D eigenvalue weighted by Crippen LogP contribution is 2.00. The normalized spacial score (nSPS) is 10.2. The first-order valence-electron chi connectivity index (χ1n) is 6.74. The second-order valence-electron chi connectivity index (χ2n) is 4.41. The van der Waals surface area contributed by atoms with Crippen molar-refractivity contribution >= 4 is 11.9 Å². The number of nitrogens with zero attached hydrogens (tertiary/aromatic N) is 1. The Bertz CT molecular complexity index is 419. The molecule has 0 unspecified atom stereocenters. The van der Waals surface area contributed by atoms with Crippen LogP contribution in [0.15, 0.2) is 30.3 Å². The molecule has 5 nitrogen and oxygen atoms in total. The van der Waals surface area contributed by atoms with Crippen LogP contribution in [0.4, 0.5) is 0 Å². The van der Waals surface area contributed by atoms with E-state index in [1.165, 1.54) is 4.90 Å². The second kappa shape index (κ2) is 9.09. The molecule has 0 heterocycles. The quantitative estimate of drug-likeness (QED) is 0.697. The fourth-order valence-corrected chi connectivity index (χ4v) is 1.78. The number of carbonyl (C=O) groups is 2. The summed E-state index contributed by atoms with van der Waals surface area (Å²) >= 11 is 0. The average Bonchev–Trinajstić information content (AvgIpc) is 2.45. The molecule has 20 heavy (non-hydrogen) atoms. The van der Waals surface area contributed by atoms with Gasteiger partial charge in [-0.1, -0.05) is 30.3 Å². The van der Waals surface area contributed by atoms with Crippen molar-refractivity contribution in [2.24, 2.45) is 0 Å². The molecule has 1 amide bonds. The molecule has 0 aromatic heterocycles. The molecule has 110 valence electrons. The molecule has 0 atom stereocenters. The molecule has 0 saturated heterocycles. The Hall–Kier alpha value is -1.88. The van der Waals surface area contributed by atoms with Crippen molar-refractivity contribution < 1.29 is 19.4 Å². The minimum Gasteiger partial charge on any atom is -0.481 e. The summed E-state index contributed by atoms with van der Waals surface area (Å²) in [6, 6.07) is 9.90. The topological polar surface area (TPSA) is 66.8 Å². The van der Waals surface area contributed by atoms with E-state index in [0.29, 0.717) is 13.2 Å². The van der Waals surface area contributed by atoms with Crippen LogP contribution >= 0.6 is 0 Å². The van der Waals surface area contributed by atoms with E-state index in [1.54, 1.807) is 0 Å². The summed E-state index contributed by atoms with van der Waals surface area (Å²) in [6.45, 7) is 3.02. The summed E-state index contributed by atoms with van der Waals surface area (Å²) in [5, 5.41) is 8.61. The molecule has 0 aliphatic heterocycles. The molecular weight excluding hydrogens is 258 g/mol. The first-order valence-corrected chi connectivity index (χ1v) is 6.74. The van der Waals surface area contributed by atoms with E-state index in [9.17, 15) is 9.59 Å². The molecule has 0 bridgehead atoms. The summed E-state index contributed by atoms with van der Waals surface area (Å²) in [5.41, 5.74) is 1.16. The molecule has 0 radical (unpaired) electrons. The Labute approximate surface area is 119 Å².